The van der Waals surface area contributed by atoms with Crippen molar-refractivity contribution in [2.24, 2.45) is 5.92 Å². The molecule has 2 saturated heterocycles. The monoisotopic (exact) mass is 350 g/mol. The number of carboxylic acid groups (broad SMARTS) is 1. The second-order valence-corrected chi connectivity index (χ2v) is 6.28. The average Bonchev–Trinajstić information content (AvgIpc) is 3.06. The van der Waals surface area contributed by atoms with Crippen molar-refractivity contribution in [3.8, 4) is 0 Å². The third-order valence-electron chi connectivity index (χ3n) is 4.30. The lowest BCUT2D eigenvalue weighted by Gasteiger charge is -2.17. The van der Waals surface area contributed by atoms with Gasteiger partial charge in [-0.3, -0.25) is 4.90 Å². The molecule has 0 amide bonds. The van der Waals surface area contributed by atoms with Gasteiger partial charge in [0.1, 0.15) is 5.76 Å². The van der Waals surface area contributed by atoms with Gasteiger partial charge in [-0.05, 0) is 27.2 Å². The van der Waals surface area contributed by atoms with Gasteiger partial charge in [0.05, 0.1) is 17.9 Å². The van der Waals surface area contributed by atoms with Crippen molar-refractivity contribution < 1.29 is 32.3 Å². The summed E-state index contributed by atoms with van der Waals surface area (Å²) in [6, 6.07) is 0. The van der Waals surface area contributed by atoms with Gasteiger partial charge in [0.25, 0.3) is 0 Å². The zero-order chi connectivity index (χ0) is 18.1. The summed E-state index contributed by atoms with van der Waals surface area (Å²) in [5.74, 6) is -1.08. The molecule has 0 aliphatic carbocycles. The van der Waals surface area contributed by atoms with Gasteiger partial charge in [-0.25, -0.2) is 4.79 Å². The Hall–Kier alpha value is -1.61. The van der Waals surface area contributed by atoms with E-state index in [0.29, 0.717) is 12.2 Å². The fraction of sp³-hybridized carbons (Fsp3) is 0.733. The normalized spacial score (nSPS) is 26.8. The van der Waals surface area contributed by atoms with Crippen LogP contribution in [0.2, 0.25) is 0 Å². The zero-order valence-corrected chi connectivity index (χ0v) is 13.8. The van der Waals surface area contributed by atoms with Crippen molar-refractivity contribution in [1.29, 1.82) is 0 Å². The Morgan fingerprint density at radius 3 is 2.46 bits per heavy atom. The lowest BCUT2D eigenvalue weighted by Crippen LogP contribution is -2.24. The highest BCUT2D eigenvalue weighted by atomic mass is 19.4. The zero-order valence-electron chi connectivity index (χ0n) is 13.8. The Morgan fingerprint density at radius 1 is 1.38 bits per heavy atom. The van der Waals surface area contributed by atoms with Crippen LogP contribution < -0.4 is 0 Å². The first-order valence-electron chi connectivity index (χ1n) is 7.67. The molecule has 1 N–H and O–H groups in total. The molecule has 1 aromatic heterocycles. The lowest BCUT2D eigenvalue weighted by atomic mass is 10.0. The van der Waals surface area contributed by atoms with Crippen LogP contribution in [0.1, 0.15) is 30.4 Å². The molecule has 3 atom stereocenters. The van der Waals surface area contributed by atoms with Crippen LogP contribution in [0.25, 0.3) is 0 Å². The Balaban J connectivity index is 0.000000256. The number of halogens is 3. The molecule has 2 aliphatic heterocycles. The highest BCUT2D eigenvalue weighted by molar-refractivity contribution is 5.73. The summed E-state index contributed by atoms with van der Waals surface area (Å²) in [7, 11) is 0. The second-order valence-electron chi connectivity index (χ2n) is 6.28. The van der Waals surface area contributed by atoms with E-state index in [9.17, 15) is 13.2 Å². The summed E-state index contributed by atoms with van der Waals surface area (Å²) >= 11 is 0. The summed E-state index contributed by atoms with van der Waals surface area (Å²) in [5, 5.41) is 11.1. The number of hydrogen-bond donors (Lipinski definition) is 1. The van der Waals surface area contributed by atoms with Crippen molar-refractivity contribution in [2.75, 3.05) is 13.1 Å². The molecule has 0 radical (unpaired) electrons. The fourth-order valence-electron chi connectivity index (χ4n) is 3.17. The van der Waals surface area contributed by atoms with Crippen molar-refractivity contribution in [3.63, 3.8) is 0 Å². The first kappa shape index (κ1) is 18.7. The first-order valence-corrected chi connectivity index (χ1v) is 7.67. The smallest absolute Gasteiger partial charge is 0.475 e. The van der Waals surface area contributed by atoms with Crippen LogP contribution in [0, 0.1) is 19.8 Å². The Labute approximate surface area is 137 Å². The van der Waals surface area contributed by atoms with Crippen LogP contribution >= 0.6 is 0 Å². The molecular weight excluding hydrogens is 329 g/mol. The number of carbonyl (C=O) groups is 1. The number of fused-ring (bicyclic) bond motifs is 1. The maximum atomic E-state index is 10.6. The Morgan fingerprint density at radius 2 is 2.00 bits per heavy atom. The van der Waals surface area contributed by atoms with E-state index in [1.54, 1.807) is 0 Å². The topological polar surface area (TPSA) is 75.8 Å². The molecule has 0 spiro atoms. The molecule has 3 heterocycles. The number of carboxylic acids is 1. The van der Waals surface area contributed by atoms with Crippen LogP contribution in [0.5, 0.6) is 0 Å². The van der Waals surface area contributed by atoms with Crippen LogP contribution in [-0.4, -0.2) is 52.6 Å². The summed E-state index contributed by atoms with van der Waals surface area (Å²) in [5.41, 5.74) is 2.27. The van der Waals surface area contributed by atoms with E-state index in [2.05, 4.69) is 17.0 Å². The van der Waals surface area contributed by atoms with E-state index < -0.39 is 12.1 Å². The number of rotatable bonds is 2. The summed E-state index contributed by atoms with van der Waals surface area (Å²) < 4.78 is 42.9. The van der Waals surface area contributed by atoms with E-state index in [1.807, 2.05) is 13.8 Å². The Bertz CT molecular complexity index is 554. The number of likely N-dealkylation sites (tertiary alicyclic amines) is 1. The van der Waals surface area contributed by atoms with E-state index in [0.717, 1.165) is 37.0 Å². The second kappa shape index (κ2) is 7.10. The van der Waals surface area contributed by atoms with Gasteiger partial charge in [0.15, 0.2) is 0 Å². The van der Waals surface area contributed by atoms with E-state index in [1.165, 1.54) is 12.0 Å². The number of aliphatic carboxylic acids is 1. The number of ether oxygens (including phenoxy) is 1. The molecule has 3 rings (SSSR count). The summed E-state index contributed by atoms with van der Waals surface area (Å²) in [6.45, 7) is 9.34. The minimum absolute atomic E-state index is 0.450. The van der Waals surface area contributed by atoms with Crippen molar-refractivity contribution in [1.82, 2.24) is 10.1 Å². The molecule has 6 nitrogen and oxygen atoms in total. The molecular formula is C15H21F3N2O4. The fourth-order valence-corrected chi connectivity index (χ4v) is 3.17. The summed E-state index contributed by atoms with van der Waals surface area (Å²) in [4.78, 5) is 11.4. The minimum atomic E-state index is -5.08. The maximum Gasteiger partial charge on any atom is 0.490 e. The van der Waals surface area contributed by atoms with Crippen molar-refractivity contribution in [2.45, 2.75) is 52.1 Å². The molecule has 136 valence electrons. The number of aryl methyl sites for hydroxylation is 2. The predicted molar refractivity (Wildman–Crippen MR) is 77.4 cm³/mol. The third-order valence-corrected chi connectivity index (χ3v) is 4.30. The largest absolute Gasteiger partial charge is 0.490 e. The average molecular weight is 350 g/mol. The van der Waals surface area contributed by atoms with E-state index in [4.69, 9.17) is 19.2 Å². The molecule has 2 aliphatic rings. The number of aromatic nitrogens is 1. The van der Waals surface area contributed by atoms with E-state index in [-0.39, 0.29) is 0 Å². The van der Waals surface area contributed by atoms with Crippen molar-refractivity contribution >= 4 is 5.97 Å². The molecule has 24 heavy (non-hydrogen) atoms. The van der Waals surface area contributed by atoms with Gasteiger partial charge < -0.3 is 14.4 Å². The molecule has 1 aromatic rings. The van der Waals surface area contributed by atoms with Crippen molar-refractivity contribution in [3.05, 3.63) is 17.0 Å². The van der Waals surface area contributed by atoms with Crippen LogP contribution in [0.4, 0.5) is 13.2 Å². The first-order chi connectivity index (χ1) is 11.1. The summed E-state index contributed by atoms with van der Waals surface area (Å²) in [6.07, 6.45) is -2.97. The van der Waals surface area contributed by atoms with Crippen LogP contribution in [0.3, 0.4) is 0 Å². The Kier molecular flexibility index (Phi) is 5.54. The molecule has 0 unspecified atom stereocenters. The van der Waals surface area contributed by atoms with E-state index >= 15 is 0 Å². The minimum Gasteiger partial charge on any atom is -0.475 e. The van der Waals surface area contributed by atoms with Gasteiger partial charge in [0, 0.05) is 31.1 Å². The molecule has 9 heteroatoms. The quantitative estimate of drug-likeness (QED) is 0.883. The standard InChI is InChI=1S/C13H20N2O2.C2HF3O2/c1-8-4-11-5-15(7-13(11)16-8)6-12-9(2)14-17-10(12)3;3-2(4,5)1(6)7/h8,11,13H,4-7H2,1-3H3;(H,6,7)/t8-,11+,13-;/m1./s1. The molecule has 2 fully saturated rings. The molecule has 0 saturated carbocycles. The molecule has 0 aromatic carbocycles. The number of alkyl halides is 3. The predicted octanol–water partition coefficient (Wildman–Crippen LogP) is 2.53. The van der Waals surface area contributed by atoms with Gasteiger partial charge >= 0.3 is 12.1 Å². The lowest BCUT2D eigenvalue weighted by molar-refractivity contribution is -0.192. The number of nitrogens with zero attached hydrogens (tertiary/aromatic N) is 2. The SMILES string of the molecule is Cc1noc(C)c1CN1C[C@@H]2C[C@@H](C)O[C@@H]2C1.O=C(O)C(F)(F)F. The van der Waals surface area contributed by atoms with Crippen LogP contribution in [-0.2, 0) is 16.1 Å². The van der Waals surface area contributed by atoms with Gasteiger partial charge in [-0.15, -0.1) is 0 Å². The third kappa shape index (κ3) is 4.47. The van der Waals surface area contributed by atoms with Gasteiger partial charge in [-0.2, -0.15) is 13.2 Å². The number of hydrogen-bond acceptors (Lipinski definition) is 5. The van der Waals surface area contributed by atoms with Gasteiger partial charge in [-0.1, -0.05) is 5.16 Å². The van der Waals surface area contributed by atoms with Crippen LogP contribution in [0.15, 0.2) is 4.52 Å². The maximum absolute atomic E-state index is 10.6. The van der Waals surface area contributed by atoms with Gasteiger partial charge in [0.2, 0.25) is 0 Å². The molecule has 0 bridgehead atoms. The highest BCUT2D eigenvalue weighted by Crippen LogP contribution is 2.33. The highest BCUT2D eigenvalue weighted by Gasteiger charge is 2.40.